The third-order valence-electron chi connectivity index (χ3n) is 1.63. The number of hydrogen-bond donors (Lipinski definition) is 2. The molecule has 1 aromatic carbocycles. The van der Waals surface area contributed by atoms with Gasteiger partial charge in [0.05, 0.1) is 0 Å². The molecule has 0 fully saturated rings. The molecule has 3 nitrogen and oxygen atoms in total. The summed E-state index contributed by atoms with van der Waals surface area (Å²) in [5, 5.41) is 11.0. The topological polar surface area (TPSA) is 49.3 Å². The molecule has 0 atom stereocenters. The molecule has 0 radical (unpaired) electrons. The highest BCUT2D eigenvalue weighted by Crippen LogP contribution is 2.14. The van der Waals surface area contributed by atoms with Crippen LogP contribution in [0.1, 0.15) is 5.56 Å². The zero-order valence-electron chi connectivity index (χ0n) is 7.26. The lowest BCUT2D eigenvalue weighted by atomic mass is 10.2. The summed E-state index contributed by atoms with van der Waals surface area (Å²) in [6, 6.07) is 4.18. The van der Waals surface area contributed by atoms with E-state index < -0.39 is 18.3 Å². The van der Waals surface area contributed by atoms with Crippen LogP contribution in [0.5, 0.6) is 0 Å². The Morgan fingerprint density at radius 2 is 2.29 bits per heavy atom. The zero-order chi connectivity index (χ0) is 10.6. The van der Waals surface area contributed by atoms with Gasteiger partial charge in [-0.15, -0.1) is 0 Å². The number of aliphatic hydroxyl groups excluding tert-OH is 1. The molecule has 0 aromatic heterocycles. The molecule has 1 rings (SSSR count). The smallest absolute Gasteiger partial charge is 0.245 e. The molecule has 5 heteroatoms. The minimum absolute atomic E-state index is 0.0440. The molecule has 0 aliphatic carbocycles. The van der Waals surface area contributed by atoms with E-state index in [1.807, 2.05) is 0 Å². The number of hydrogen-bond acceptors (Lipinski definition) is 2. The number of benzene rings is 1. The molecule has 76 valence electrons. The van der Waals surface area contributed by atoms with Crippen LogP contribution >= 0.6 is 11.6 Å². The maximum Gasteiger partial charge on any atom is 0.245 e. The van der Waals surface area contributed by atoms with Gasteiger partial charge in [0.25, 0.3) is 0 Å². The van der Waals surface area contributed by atoms with E-state index in [2.05, 4.69) is 5.32 Å². The fraction of sp³-hybridized carbons (Fsp3) is 0.222. The first-order valence-electron chi connectivity index (χ1n) is 3.95. The van der Waals surface area contributed by atoms with Crippen LogP contribution in [0.15, 0.2) is 18.2 Å². The number of carbonyl (C=O) groups is 1. The van der Waals surface area contributed by atoms with Crippen LogP contribution in [0.3, 0.4) is 0 Å². The minimum Gasteiger partial charge on any atom is -0.387 e. The highest BCUT2D eigenvalue weighted by Gasteiger charge is 2.04. The van der Waals surface area contributed by atoms with Gasteiger partial charge in [-0.25, -0.2) is 4.39 Å². The van der Waals surface area contributed by atoms with Crippen molar-refractivity contribution in [3.8, 4) is 0 Å². The Morgan fingerprint density at radius 1 is 1.57 bits per heavy atom. The van der Waals surface area contributed by atoms with Crippen molar-refractivity contribution in [3.05, 3.63) is 34.6 Å². The lowest BCUT2D eigenvalue weighted by molar-refractivity contribution is -0.123. The van der Waals surface area contributed by atoms with Crippen LogP contribution in [0.2, 0.25) is 5.02 Å². The van der Waals surface area contributed by atoms with Crippen LogP contribution in [-0.4, -0.2) is 17.6 Å². The standard InChI is InChI=1S/C9H9ClFNO2/c10-7-2-1-6(8(11)3-7)4-12-9(14)5-13/h1-3,13H,4-5H2,(H,12,14). The van der Waals surface area contributed by atoms with Crippen molar-refractivity contribution in [1.82, 2.24) is 5.32 Å². The highest BCUT2D eigenvalue weighted by molar-refractivity contribution is 6.30. The first kappa shape index (κ1) is 10.9. The minimum atomic E-state index is -0.602. The average Bonchev–Trinajstić information content (AvgIpc) is 2.16. The van der Waals surface area contributed by atoms with Gasteiger partial charge in [-0.3, -0.25) is 4.79 Å². The summed E-state index contributed by atoms with van der Waals surface area (Å²) in [5.41, 5.74) is 0.330. The SMILES string of the molecule is O=C(CO)NCc1ccc(Cl)cc1F. The maximum atomic E-state index is 13.1. The summed E-state index contributed by atoms with van der Waals surface area (Å²) in [5.74, 6) is -1.02. The Bertz CT molecular complexity index is 344. The van der Waals surface area contributed by atoms with E-state index in [4.69, 9.17) is 16.7 Å². The van der Waals surface area contributed by atoms with E-state index in [1.54, 1.807) is 0 Å². The second kappa shape index (κ2) is 4.93. The molecule has 1 amide bonds. The predicted molar refractivity (Wildman–Crippen MR) is 50.3 cm³/mol. The third-order valence-corrected chi connectivity index (χ3v) is 1.87. The van der Waals surface area contributed by atoms with Crippen LogP contribution in [0.25, 0.3) is 0 Å². The lowest BCUT2D eigenvalue weighted by Crippen LogP contribution is -2.25. The van der Waals surface area contributed by atoms with Crippen LogP contribution < -0.4 is 5.32 Å². The molecule has 0 saturated carbocycles. The van der Waals surface area contributed by atoms with Crippen molar-refractivity contribution in [2.45, 2.75) is 6.54 Å². The van der Waals surface area contributed by atoms with Gasteiger partial charge >= 0.3 is 0 Å². The van der Waals surface area contributed by atoms with Gasteiger partial charge in [-0.05, 0) is 12.1 Å². The largest absolute Gasteiger partial charge is 0.387 e. The summed E-state index contributed by atoms with van der Waals surface area (Å²) >= 11 is 5.54. The van der Waals surface area contributed by atoms with E-state index in [0.717, 1.165) is 0 Å². The second-order valence-corrected chi connectivity index (χ2v) is 3.11. The summed E-state index contributed by atoms with van der Waals surface area (Å²) in [6.07, 6.45) is 0. The van der Waals surface area contributed by atoms with Gasteiger partial charge in [-0.2, -0.15) is 0 Å². The van der Waals surface area contributed by atoms with Gasteiger partial charge in [0, 0.05) is 17.1 Å². The van der Waals surface area contributed by atoms with E-state index >= 15 is 0 Å². The molecule has 0 spiro atoms. The number of amides is 1. The Labute approximate surface area is 85.5 Å². The van der Waals surface area contributed by atoms with Gasteiger partial charge in [0.15, 0.2) is 0 Å². The predicted octanol–water partition coefficient (Wildman–Crippen LogP) is 1.09. The molecule has 0 aliphatic rings. The molecule has 0 saturated heterocycles. The summed E-state index contributed by atoms with van der Waals surface area (Å²) in [6.45, 7) is -0.558. The first-order valence-corrected chi connectivity index (χ1v) is 4.32. The van der Waals surface area contributed by atoms with Crippen molar-refractivity contribution in [2.24, 2.45) is 0 Å². The molecular formula is C9H9ClFNO2. The van der Waals surface area contributed by atoms with Crippen molar-refractivity contribution in [2.75, 3.05) is 6.61 Å². The van der Waals surface area contributed by atoms with Gasteiger partial charge in [0.2, 0.25) is 5.91 Å². The fourth-order valence-corrected chi connectivity index (χ4v) is 1.07. The molecule has 0 aliphatic heterocycles. The maximum absolute atomic E-state index is 13.1. The number of nitrogens with one attached hydrogen (secondary N) is 1. The van der Waals surface area contributed by atoms with Crippen molar-refractivity contribution in [1.29, 1.82) is 0 Å². The van der Waals surface area contributed by atoms with Gasteiger partial charge in [0.1, 0.15) is 12.4 Å². The molecule has 0 unspecified atom stereocenters. The first-order chi connectivity index (χ1) is 6.63. The number of halogens is 2. The Balaban J connectivity index is 2.63. The average molecular weight is 218 g/mol. The van der Waals surface area contributed by atoms with E-state index in [-0.39, 0.29) is 6.54 Å². The quantitative estimate of drug-likeness (QED) is 0.796. The summed E-state index contributed by atoms with van der Waals surface area (Å²) in [4.78, 5) is 10.7. The number of rotatable bonds is 3. The molecule has 0 heterocycles. The van der Waals surface area contributed by atoms with Crippen molar-refractivity contribution < 1.29 is 14.3 Å². The monoisotopic (exact) mass is 217 g/mol. The van der Waals surface area contributed by atoms with Crippen molar-refractivity contribution in [3.63, 3.8) is 0 Å². The molecule has 14 heavy (non-hydrogen) atoms. The molecule has 0 bridgehead atoms. The third kappa shape index (κ3) is 2.97. The Kier molecular flexibility index (Phi) is 3.85. The van der Waals surface area contributed by atoms with Crippen LogP contribution in [0, 0.1) is 5.82 Å². The van der Waals surface area contributed by atoms with E-state index in [9.17, 15) is 9.18 Å². The Morgan fingerprint density at radius 3 is 2.86 bits per heavy atom. The van der Waals surface area contributed by atoms with Crippen LogP contribution in [0.4, 0.5) is 4.39 Å². The van der Waals surface area contributed by atoms with Gasteiger partial charge < -0.3 is 10.4 Å². The summed E-state index contributed by atoms with van der Waals surface area (Å²) < 4.78 is 13.1. The van der Waals surface area contributed by atoms with Crippen LogP contribution in [-0.2, 0) is 11.3 Å². The zero-order valence-corrected chi connectivity index (χ0v) is 8.01. The Hall–Kier alpha value is -1.13. The van der Waals surface area contributed by atoms with E-state index in [0.29, 0.717) is 10.6 Å². The van der Waals surface area contributed by atoms with Gasteiger partial charge in [-0.1, -0.05) is 17.7 Å². The molecule has 1 aromatic rings. The highest BCUT2D eigenvalue weighted by atomic mass is 35.5. The summed E-state index contributed by atoms with van der Waals surface area (Å²) in [7, 11) is 0. The number of carbonyl (C=O) groups excluding carboxylic acids is 1. The van der Waals surface area contributed by atoms with E-state index in [1.165, 1.54) is 18.2 Å². The van der Waals surface area contributed by atoms with Crippen molar-refractivity contribution >= 4 is 17.5 Å². The fourth-order valence-electron chi connectivity index (χ4n) is 0.915. The molecule has 2 N–H and O–H groups in total. The lowest BCUT2D eigenvalue weighted by Gasteiger charge is -2.04. The second-order valence-electron chi connectivity index (χ2n) is 2.67. The normalized spacial score (nSPS) is 9.93. The molecular weight excluding hydrogens is 209 g/mol. The number of aliphatic hydroxyl groups is 1.